The number of aliphatic hydroxyl groups is 1. The maximum atomic E-state index is 13.0. The molecule has 2 amide bonds. The lowest BCUT2D eigenvalue weighted by Crippen LogP contribution is -2.59. The van der Waals surface area contributed by atoms with Crippen molar-refractivity contribution in [2.24, 2.45) is 5.92 Å². The number of imidazole rings is 1. The van der Waals surface area contributed by atoms with Crippen LogP contribution in [0.2, 0.25) is 0 Å². The molecule has 1 atom stereocenters. The number of rotatable bonds is 5. The number of hydrogen-bond acceptors (Lipinski definition) is 5. The second-order valence-electron chi connectivity index (χ2n) is 7.90. The molecule has 1 aliphatic carbocycles. The molecule has 2 N–H and O–H groups in total. The van der Waals surface area contributed by atoms with Gasteiger partial charge >= 0.3 is 0 Å². The summed E-state index contributed by atoms with van der Waals surface area (Å²) in [4.78, 5) is 37.2. The fourth-order valence-corrected chi connectivity index (χ4v) is 4.98. The molecule has 148 valence electrons. The van der Waals surface area contributed by atoms with Crippen molar-refractivity contribution in [3.63, 3.8) is 0 Å². The number of amides is 2. The van der Waals surface area contributed by atoms with Gasteiger partial charge in [0.2, 0.25) is 5.91 Å². The molecule has 0 unspecified atom stereocenters. The molecule has 0 aromatic carbocycles. The topological polar surface area (TPSA) is 89.5 Å². The second-order valence-corrected chi connectivity index (χ2v) is 8.88. The van der Waals surface area contributed by atoms with Crippen LogP contribution in [0, 0.1) is 5.92 Å². The van der Waals surface area contributed by atoms with Gasteiger partial charge in [0.25, 0.3) is 5.91 Å². The summed E-state index contributed by atoms with van der Waals surface area (Å²) < 4.78 is 0. The molecule has 2 aliphatic heterocycles. The molecule has 2 fully saturated rings. The number of likely N-dealkylation sites (tertiary alicyclic amines) is 1. The Balaban J connectivity index is 1.52. The van der Waals surface area contributed by atoms with Crippen molar-refractivity contribution in [1.82, 2.24) is 19.8 Å². The first-order chi connectivity index (χ1) is 13.1. The van der Waals surface area contributed by atoms with Crippen molar-refractivity contribution in [1.29, 1.82) is 0 Å². The summed E-state index contributed by atoms with van der Waals surface area (Å²) in [5.74, 6) is 1.01. The molecule has 1 saturated heterocycles. The molecule has 8 heteroatoms. The fourth-order valence-electron chi connectivity index (χ4n) is 4.52. The molecule has 0 radical (unpaired) electrons. The first kappa shape index (κ1) is 18.8. The number of nitrogens with one attached hydrogen (secondary N) is 1. The number of thioether (sulfide) groups is 1. The first-order valence-corrected chi connectivity index (χ1v) is 11.3. The minimum Gasteiger partial charge on any atom is -0.383 e. The van der Waals surface area contributed by atoms with Crippen molar-refractivity contribution in [3.05, 3.63) is 17.7 Å². The summed E-state index contributed by atoms with van der Waals surface area (Å²) >= 11 is 1.63. The van der Waals surface area contributed by atoms with Gasteiger partial charge in [-0.3, -0.25) is 9.59 Å². The largest absolute Gasteiger partial charge is 0.383 e. The number of H-pyrrole nitrogens is 1. The fraction of sp³-hybridized carbons (Fsp3) is 0.737. The van der Waals surface area contributed by atoms with E-state index < -0.39 is 11.6 Å². The van der Waals surface area contributed by atoms with E-state index in [1.807, 2.05) is 6.26 Å². The Labute approximate surface area is 163 Å². The molecule has 3 heterocycles. The highest BCUT2D eigenvalue weighted by Gasteiger charge is 2.51. The van der Waals surface area contributed by atoms with Crippen molar-refractivity contribution in [3.8, 4) is 0 Å². The zero-order valence-corrected chi connectivity index (χ0v) is 16.6. The minimum absolute atomic E-state index is 0.176. The zero-order chi connectivity index (χ0) is 19.0. The predicted octanol–water partition coefficient (Wildman–Crippen LogP) is 1.14. The van der Waals surface area contributed by atoms with Crippen LogP contribution in [0.1, 0.15) is 43.5 Å². The van der Waals surface area contributed by atoms with Gasteiger partial charge < -0.3 is 19.9 Å². The van der Waals surface area contributed by atoms with E-state index in [0.717, 1.165) is 42.9 Å². The third-order valence-electron chi connectivity index (χ3n) is 6.24. The number of piperidine rings is 1. The van der Waals surface area contributed by atoms with Crippen molar-refractivity contribution in [2.75, 3.05) is 31.6 Å². The van der Waals surface area contributed by atoms with E-state index in [4.69, 9.17) is 0 Å². The number of nitrogens with zero attached hydrogens (tertiary/aromatic N) is 3. The number of carbonyl (C=O) groups is 2. The quantitative estimate of drug-likeness (QED) is 0.784. The van der Waals surface area contributed by atoms with E-state index >= 15 is 0 Å². The molecule has 1 saturated carbocycles. The number of hydrogen-bond donors (Lipinski definition) is 2. The van der Waals surface area contributed by atoms with Crippen LogP contribution in [-0.4, -0.2) is 74.4 Å². The molecule has 7 nitrogen and oxygen atoms in total. The van der Waals surface area contributed by atoms with E-state index in [9.17, 15) is 14.7 Å². The third kappa shape index (κ3) is 3.38. The zero-order valence-electron chi connectivity index (χ0n) is 15.8. The summed E-state index contributed by atoms with van der Waals surface area (Å²) in [5.41, 5.74) is 1.70. The minimum atomic E-state index is -0.928. The second kappa shape index (κ2) is 7.47. The molecule has 3 aliphatic rings. The highest BCUT2D eigenvalue weighted by atomic mass is 32.2. The molecule has 1 aromatic heterocycles. The summed E-state index contributed by atoms with van der Waals surface area (Å²) in [6, 6.07) is 0. The molecule has 0 bridgehead atoms. The third-order valence-corrected chi connectivity index (χ3v) is 6.88. The maximum absolute atomic E-state index is 13.0. The van der Waals surface area contributed by atoms with Gasteiger partial charge in [-0.1, -0.05) is 0 Å². The van der Waals surface area contributed by atoms with E-state index in [0.29, 0.717) is 32.4 Å². The van der Waals surface area contributed by atoms with Crippen LogP contribution in [0.5, 0.6) is 0 Å². The monoisotopic (exact) mass is 392 g/mol. The summed E-state index contributed by atoms with van der Waals surface area (Å²) in [7, 11) is 0. The lowest BCUT2D eigenvalue weighted by Gasteiger charge is -2.50. The Kier molecular flexibility index (Phi) is 5.20. The van der Waals surface area contributed by atoms with Gasteiger partial charge in [-0.15, -0.1) is 0 Å². The van der Waals surface area contributed by atoms with Crippen molar-refractivity contribution >= 4 is 23.6 Å². The molecule has 1 aromatic rings. The van der Waals surface area contributed by atoms with Crippen LogP contribution in [0.4, 0.5) is 0 Å². The van der Waals surface area contributed by atoms with Crippen LogP contribution in [-0.2, 0) is 21.5 Å². The molecule has 1 spiro atoms. The maximum Gasteiger partial charge on any atom is 0.251 e. The Bertz CT molecular complexity index is 710. The SMILES string of the molecule is CSCC[C@H](O)C(=O)N1CCC2(CC1)c1nc[nH]c1CCN2C(=O)C1CC1. The average molecular weight is 393 g/mol. The molecular weight excluding hydrogens is 364 g/mol. The first-order valence-electron chi connectivity index (χ1n) is 9.87. The number of aromatic amines is 1. The predicted molar refractivity (Wildman–Crippen MR) is 103 cm³/mol. The van der Waals surface area contributed by atoms with Crippen molar-refractivity contribution in [2.45, 2.75) is 50.2 Å². The normalized spacial score (nSPS) is 22.6. The average Bonchev–Trinajstić information content (AvgIpc) is 3.43. The number of fused-ring (bicyclic) bond motifs is 2. The van der Waals surface area contributed by atoms with Crippen LogP contribution < -0.4 is 0 Å². The summed E-state index contributed by atoms with van der Waals surface area (Å²) in [5, 5.41) is 10.2. The summed E-state index contributed by atoms with van der Waals surface area (Å²) in [6.45, 7) is 1.82. The van der Waals surface area contributed by atoms with Gasteiger partial charge in [0.05, 0.1) is 17.6 Å². The standard InChI is InChI=1S/C19H28N4O3S/c1-27-11-5-15(24)18(26)22-9-6-19(7-10-22)16-14(20-12-21-16)4-8-23(19)17(25)13-2-3-13/h12-13,15,24H,2-11H2,1H3,(H,20,21)/t15-/m0/s1. The molecule has 4 rings (SSSR count). The summed E-state index contributed by atoms with van der Waals surface area (Å²) in [6.07, 6.45) is 7.41. The Morgan fingerprint density at radius 1 is 1.37 bits per heavy atom. The lowest BCUT2D eigenvalue weighted by atomic mass is 9.78. The van der Waals surface area contributed by atoms with Crippen molar-refractivity contribution < 1.29 is 14.7 Å². The smallest absolute Gasteiger partial charge is 0.251 e. The lowest BCUT2D eigenvalue weighted by molar-refractivity contribution is -0.148. The van der Waals surface area contributed by atoms with E-state index in [-0.39, 0.29) is 17.7 Å². The Morgan fingerprint density at radius 3 is 2.78 bits per heavy atom. The van der Waals surface area contributed by atoms with E-state index in [1.54, 1.807) is 23.0 Å². The van der Waals surface area contributed by atoms with Gasteiger partial charge in [-0.25, -0.2) is 4.98 Å². The van der Waals surface area contributed by atoms with Gasteiger partial charge in [-0.2, -0.15) is 11.8 Å². The van der Waals surface area contributed by atoms with E-state index in [1.165, 1.54) is 0 Å². The van der Waals surface area contributed by atoms with Gasteiger partial charge in [0.15, 0.2) is 0 Å². The highest BCUT2D eigenvalue weighted by molar-refractivity contribution is 7.98. The van der Waals surface area contributed by atoms with Crippen LogP contribution >= 0.6 is 11.8 Å². The van der Waals surface area contributed by atoms with Crippen LogP contribution in [0.25, 0.3) is 0 Å². The molecule has 27 heavy (non-hydrogen) atoms. The number of aromatic nitrogens is 2. The van der Waals surface area contributed by atoms with Gasteiger partial charge in [0, 0.05) is 37.7 Å². The van der Waals surface area contributed by atoms with Crippen LogP contribution in [0.3, 0.4) is 0 Å². The van der Waals surface area contributed by atoms with E-state index in [2.05, 4.69) is 14.9 Å². The molecular formula is C19H28N4O3S. The Morgan fingerprint density at radius 2 is 2.11 bits per heavy atom. The van der Waals surface area contributed by atoms with Crippen LogP contribution in [0.15, 0.2) is 6.33 Å². The van der Waals surface area contributed by atoms with Gasteiger partial charge in [0.1, 0.15) is 6.10 Å². The number of aliphatic hydroxyl groups excluding tert-OH is 1. The Hall–Kier alpha value is -1.54. The van der Waals surface area contributed by atoms with Gasteiger partial charge in [-0.05, 0) is 44.1 Å². The number of carbonyl (C=O) groups excluding carboxylic acids is 2. The highest BCUT2D eigenvalue weighted by Crippen LogP contribution is 2.45.